The Labute approximate surface area is 347 Å². The molecule has 3 saturated heterocycles. The van der Waals surface area contributed by atoms with Crippen molar-refractivity contribution in [2.24, 2.45) is 11.8 Å². The van der Waals surface area contributed by atoms with Crippen LogP contribution in [-0.4, -0.2) is 106 Å². The number of H-pyrrole nitrogens is 1. The van der Waals surface area contributed by atoms with Crippen LogP contribution in [0.1, 0.15) is 88.3 Å². The SMILES string of the molecule is CCCCCCOC(=O)CN1CCC(C2CCN(C(=O)[C@@H](Cc3cc(Cl)c(N)c(C(F)(F)F)c3)OC(=O)N3CCC(n4nc(-c5ccccc5)[nH]c4=O)CC3)CC2)CC1. The zero-order valence-electron chi connectivity index (χ0n) is 33.6. The zero-order valence-corrected chi connectivity index (χ0v) is 34.3. The number of halogens is 4. The minimum Gasteiger partial charge on any atom is -0.465 e. The Kier molecular flexibility index (Phi) is 15.0. The predicted molar refractivity (Wildman–Crippen MR) is 217 cm³/mol. The summed E-state index contributed by atoms with van der Waals surface area (Å²) in [7, 11) is 0. The first-order valence-electron chi connectivity index (χ1n) is 20.8. The van der Waals surface area contributed by atoms with Crippen molar-refractivity contribution in [2.45, 2.75) is 95.9 Å². The van der Waals surface area contributed by atoms with Gasteiger partial charge in [0.1, 0.15) is 0 Å². The molecule has 3 N–H and O–H groups in total. The second-order valence-corrected chi connectivity index (χ2v) is 16.4. The van der Waals surface area contributed by atoms with E-state index in [1.54, 1.807) is 4.90 Å². The maximum atomic E-state index is 14.2. The number of likely N-dealkylation sites (tertiary alicyclic amines) is 3. The number of aromatic nitrogens is 3. The van der Waals surface area contributed by atoms with Gasteiger partial charge in [-0.05, 0) is 87.6 Å². The van der Waals surface area contributed by atoms with Crippen LogP contribution in [0.2, 0.25) is 5.02 Å². The molecule has 1 atom stereocenters. The molecule has 3 fully saturated rings. The van der Waals surface area contributed by atoms with Gasteiger partial charge in [-0.2, -0.15) is 13.2 Å². The van der Waals surface area contributed by atoms with E-state index in [9.17, 15) is 32.3 Å². The van der Waals surface area contributed by atoms with E-state index in [0.717, 1.165) is 76.1 Å². The van der Waals surface area contributed by atoms with E-state index in [0.29, 0.717) is 50.2 Å². The number of nitrogens with two attached hydrogens (primary N) is 1. The number of hydrogen-bond acceptors (Lipinski definition) is 9. The number of benzene rings is 2. The number of hydrogen-bond donors (Lipinski definition) is 2. The first-order valence-corrected chi connectivity index (χ1v) is 21.2. The summed E-state index contributed by atoms with van der Waals surface area (Å²) in [4.78, 5) is 61.0. The fourth-order valence-corrected chi connectivity index (χ4v) is 8.78. The molecule has 1 aromatic heterocycles. The summed E-state index contributed by atoms with van der Waals surface area (Å²) in [5.41, 5.74) is 4.38. The number of nitrogens with one attached hydrogen (secondary N) is 1. The number of alkyl halides is 3. The fraction of sp³-hybridized carbons (Fsp3) is 0.595. The molecule has 0 radical (unpaired) electrons. The van der Waals surface area contributed by atoms with Gasteiger partial charge in [-0.1, -0.05) is 68.1 Å². The largest absolute Gasteiger partial charge is 0.465 e. The molecular formula is C42H55ClF3N7O6. The quantitative estimate of drug-likeness (QED) is 0.0996. The van der Waals surface area contributed by atoms with Crippen LogP contribution in [0.4, 0.5) is 23.7 Å². The lowest BCUT2D eigenvalue weighted by Gasteiger charge is -2.40. The lowest BCUT2D eigenvalue weighted by molar-refractivity contribution is -0.145. The lowest BCUT2D eigenvalue weighted by atomic mass is 9.78. The molecular weight excluding hydrogens is 791 g/mol. The maximum absolute atomic E-state index is 14.2. The molecule has 13 nitrogen and oxygen atoms in total. The van der Waals surface area contributed by atoms with Gasteiger partial charge in [0.15, 0.2) is 11.9 Å². The molecule has 3 aliphatic heterocycles. The summed E-state index contributed by atoms with van der Waals surface area (Å²) >= 11 is 6.14. The Morgan fingerprint density at radius 1 is 0.915 bits per heavy atom. The van der Waals surface area contributed by atoms with Crippen molar-refractivity contribution in [3.8, 4) is 11.4 Å². The second-order valence-electron chi connectivity index (χ2n) is 16.0. The fourth-order valence-electron chi connectivity index (χ4n) is 8.54. The summed E-state index contributed by atoms with van der Waals surface area (Å²) < 4.78 is 54.4. The van der Waals surface area contributed by atoms with Crippen LogP contribution >= 0.6 is 11.6 Å². The van der Waals surface area contributed by atoms with Gasteiger partial charge in [0, 0.05) is 38.2 Å². The Hall–Kier alpha value is -4.57. The van der Waals surface area contributed by atoms with E-state index in [2.05, 4.69) is 21.9 Å². The van der Waals surface area contributed by atoms with Crippen LogP contribution in [0.5, 0.6) is 0 Å². The van der Waals surface area contributed by atoms with E-state index >= 15 is 0 Å². The lowest BCUT2D eigenvalue weighted by Crippen LogP contribution is -2.49. The Bertz CT molecular complexity index is 1940. The molecule has 0 saturated carbocycles. The van der Waals surface area contributed by atoms with Crippen LogP contribution < -0.4 is 11.4 Å². The number of unbranched alkanes of at least 4 members (excludes halogenated alkanes) is 3. The van der Waals surface area contributed by atoms with E-state index in [1.807, 2.05) is 30.3 Å². The number of carbonyl (C=O) groups is 3. The maximum Gasteiger partial charge on any atom is 0.418 e. The predicted octanol–water partition coefficient (Wildman–Crippen LogP) is 6.95. The van der Waals surface area contributed by atoms with Gasteiger partial charge in [-0.15, -0.1) is 5.10 Å². The van der Waals surface area contributed by atoms with Gasteiger partial charge in [-0.3, -0.25) is 19.5 Å². The minimum atomic E-state index is -4.79. The topological polar surface area (TPSA) is 156 Å². The normalized spacial score (nSPS) is 18.2. The second kappa shape index (κ2) is 20.1. The third-order valence-corrected chi connectivity index (χ3v) is 12.3. The molecule has 2 amide bonds. The summed E-state index contributed by atoms with van der Waals surface area (Å²) in [6.07, 6.45) is 0.980. The van der Waals surface area contributed by atoms with Crippen LogP contribution in [0.3, 0.4) is 0 Å². The van der Waals surface area contributed by atoms with E-state index in [-0.39, 0.29) is 54.3 Å². The summed E-state index contributed by atoms with van der Waals surface area (Å²) in [6.45, 7) is 5.71. The summed E-state index contributed by atoms with van der Waals surface area (Å²) in [5.74, 6) is 0.556. The number of nitrogen functional groups attached to an aromatic ring is 1. The molecule has 322 valence electrons. The number of rotatable bonds is 14. The smallest absolute Gasteiger partial charge is 0.418 e. The van der Waals surface area contributed by atoms with Crippen LogP contribution in [0, 0.1) is 11.8 Å². The number of esters is 1. The van der Waals surface area contributed by atoms with Gasteiger partial charge in [0.05, 0.1) is 35.5 Å². The van der Waals surface area contributed by atoms with Crippen molar-refractivity contribution >= 4 is 35.3 Å². The van der Waals surface area contributed by atoms with E-state index < -0.39 is 35.5 Å². The summed E-state index contributed by atoms with van der Waals surface area (Å²) in [6, 6.07) is 11.1. The molecule has 0 aliphatic carbocycles. The van der Waals surface area contributed by atoms with Crippen LogP contribution in [0.25, 0.3) is 11.4 Å². The highest BCUT2D eigenvalue weighted by atomic mass is 35.5. The number of aromatic amines is 1. The van der Waals surface area contributed by atoms with Crippen molar-refractivity contribution in [1.29, 1.82) is 0 Å². The first-order chi connectivity index (χ1) is 28.3. The number of amides is 2. The van der Waals surface area contributed by atoms with Gasteiger partial charge >= 0.3 is 23.9 Å². The third-order valence-electron chi connectivity index (χ3n) is 12.0. The number of piperidine rings is 3. The van der Waals surface area contributed by atoms with E-state index in [1.165, 1.54) is 15.6 Å². The first kappa shape index (κ1) is 44.0. The molecule has 0 bridgehead atoms. The average molecular weight is 846 g/mol. The van der Waals surface area contributed by atoms with Gasteiger partial charge in [0.2, 0.25) is 0 Å². The van der Waals surface area contributed by atoms with Crippen molar-refractivity contribution in [3.63, 3.8) is 0 Å². The molecule has 0 unspecified atom stereocenters. The standard InChI is InChI=1S/C42H55ClF3N7O6/c1-2-3-4-8-23-58-36(54)27-50-17-11-29(12-18-50)30-13-19-51(20-14-30)39(55)35(26-28-24-33(42(44,45)46)37(47)34(43)25-28)59-41(57)52-21-15-32(16-22-52)53-40(56)48-38(49-53)31-9-6-5-7-10-31/h5-7,9-10,24-25,29-30,32,35H,2-4,8,11-23,26-27,47H2,1H3,(H,48,49,56)/t35-/m1/s1. The zero-order chi connectivity index (χ0) is 42.1. The van der Waals surface area contributed by atoms with Crippen LogP contribution in [-0.2, 0) is 31.7 Å². The third kappa shape index (κ3) is 11.6. The number of nitrogens with zero attached hydrogens (tertiary/aromatic N) is 5. The number of carbonyl (C=O) groups excluding carboxylic acids is 3. The molecule has 6 rings (SSSR count). The summed E-state index contributed by atoms with van der Waals surface area (Å²) in [5, 5.41) is 4.18. The van der Waals surface area contributed by atoms with Gasteiger partial charge in [-0.25, -0.2) is 14.3 Å². The van der Waals surface area contributed by atoms with Crippen molar-refractivity contribution in [2.75, 3.05) is 58.2 Å². The molecule has 4 heterocycles. The Morgan fingerprint density at radius 3 is 2.20 bits per heavy atom. The molecule has 17 heteroatoms. The minimum absolute atomic E-state index is 0.0514. The number of anilines is 1. The Morgan fingerprint density at radius 2 is 1.56 bits per heavy atom. The number of ether oxygens (including phenoxy) is 2. The Balaban J connectivity index is 1.06. The van der Waals surface area contributed by atoms with Crippen LogP contribution in [0.15, 0.2) is 47.3 Å². The van der Waals surface area contributed by atoms with Crippen molar-refractivity contribution < 1.29 is 37.0 Å². The average Bonchev–Trinajstić information content (AvgIpc) is 3.63. The van der Waals surface area contributed by atoms with E-state index in [4.69, 9.17) is 26.8 Å². The molecule has 3 aliphatic rings. The van der Waals surface area contributed by atoms with Crippen molar-refractivity contribution in [3.05, 3.63) is 69.1 Å². The molecule has 59 heavy (non-hydrogen) atoms. The van der Waals surface area contributed by atoms with Gasteiger partial charge < -0.3 is 25.0 Å². The molecule has 2 aromatic carbocycles. The highest BCUT2D eigenvalue weighted by molar-refractivity contribution is 6.33. The highest BCUT2D eigenvalue weighted by Crippen LogP contribution is 2.39. The van der Waals surface area contributed by atoms with Crippen molar-refractivity contribution in [1.82, 2.24) is 29.5 Å². The highest BCUT2D eigenvalue weighted by Gasteiger charge is 2.38. The monoisotopic (exact) mass is 845 g/mol. The molecule has 0 spiro atoms. The molecule has 3 aromatic rings. The van der Waals surface area contributed by atoms with Gasteiger partial charge in [0.25, 0.3) is 5.91 Å².